The van der Waals surface area contributed by atoms with E-state index in [2.05, 4.69) is 11.3 Å². The van der Waals surface area contributed by atoms with Crippen molar-refractivity contribution in [3.8, 4) is 0 Å². The molecule has 0 bridgehead atoms. The summed E-state index contributed by atoms with van der Waals surface area (Å²) < 4.78 is 7.34. The summed E-state index contributed by atoms with van der Waals surface area (Å²) in [5, 5.41) is 0.750. The van der Waals surface area contributed by atoms with Crippen molar-refractivity contribution in [1.29, 1.82) is 0 Å². The number of amides is 2. The van der Waals surface area contributed by atoms with Crippen LogP contribution in [0.4, 0.5) is 9.80 Å². The van der Waals surface area contributed by atoms with Gasteiger partial charge >= 0.3 is 11.7 Å². The molecular formula is C20H30N6O3S. The molecule has 0 unspecified atom stereocenters. The van der Waals surface area contributed by atoms with Crippen molar-refractivity contribution in [3.05, 3.63) is 20.8 Å². The zero-order valence-electron chi connectivity index (χ0n) is 17.6. The Hall–Kier alpha value is -2.36. The van der Waals surface area contributed by atoms with Gasteiger partial charge in [-0.1, -0.05) is 13.3 Å². The number of nitrogens with two attached hydrogens (primary N) is 2. The number of anilines is 1. The van der Waals surface area contributed by atoms with Gasteiger partial charge in [0.2, 0.25) is 0 Å². The number of nitrogen functional groups attached to an aromatic ring is 1. The molecule has 0 aromatic carbocycles. The summed E-state index contributed by atoms with van der Waals surface area (Å²) >= 11 is 1.07. The fraction of sp³-hybridized carbons (Fsp3) is 0.700. The molecule has 0 saturated heterocycles. The predicted molar refractivity (Wildman–Crippen MR) is 118 cm³/mol. The Labute approximate surface area is 178 Å². The molecule has 2 aromatic heterocycles. The van der Waals surface area contributed by atoms with Crippen LogP contribution >= 0.6 is 11.5 Å². The first-order valence-corrected chi connectivity index (χ1v) is 11.5. The summed E-state index contributed by atoms with van der Waals surface area (Å²) in [6, 6.07) is -0.320. The van der Waals surface area contributed by atoms with E-state index >= 15 is 0 Å². The molecule has 0 aliphatic heterocycles. The maximum Gasteiger partial charge on any atom is 0.332 e. The van der Waals surface area contributed by atoms with E-state index in [1.165, 1.54) is 4.57 Å². The van der Waals surface area contributed by atoms with Gasteiger partial charge in [0.05, 0.1) is 0 Å². The number of hydrogen-bond donors (Lipinski definition) is 2. The topological polar surface area (TPSA) is 129 Å². The van der Waals surface area contributed by atoms with Gasteiger partial charge in [-0.15, -0.1) is 0 Å². The normalized spacial score (nSPS) is 26.1. The molecule has 0 atom stereocenters. The van der Waals surface area contributed by atoms with Gasteiger partial charge in [0, 0.05) is 25.7 Å². The van der Waals surface area contributed by atoms with E-state index in [-0.39, 0.29) is 28.7 Å². The van der Waals surface area contributed by atoms with Gasteiger partial charge in [0.15, 0.2) is 5.65 Å². The van der Waals surface area contributed by atoms with Gasteiger partial charge < -0.3 is 16.4 Å². The Balaban J connectivity index is 1.59. The van der Waals surface area contributed by atoms with Crippen molar-refractivity contribution in [2.45, 2.75) is 76.9 Å². The molecular weight excluding hydrogens is 404 g/mol. The fourth-order valence-electron chi connectivity index (χ4n) is 5.22. The lowest BCUT2D eigenvalue weighted by molar-refractivity contribution is -0.00999. The average Bonchev–Trinajstić information content (AvgIpc) is 3.08. The Morgan fingerprint density at radius 3 is 2.57 bits per heavy atom. The highest BCUT2D eigenvalue weighted by Crippen LogP contribution is 2.54. The third-order valence-electron chi connectivity index (χ3n) is 7.17. The number of aromatic nitrogens is 3. The van der Waals surface area contributed by atoms with Gasteiger partial charge in [-0.2, -0.15) is 4.37 Å². The van der Waals surface area contributed by atoms with Crippen molar-refractivity contribution in [2.24, 2.45) is 11.1 Å². The molecule has 2 saturated carbocycles. The van der Waals surface area contributed by atoms with Gasteiger partial charge in [0.25, 0.3) is 5.56 Å². The first kappa shape index (κ1) is 20.9. The minimum Gasteiger partial charge on any atom is -0.389 e. The van der Waals surface area contributed by atoms with Crippen molar-refractivity contribution in [3.63, 3.8) is 0 Å². The van der Waals surface area contributed by atoms with Crippen LogP contribution in [0, 0.1) is 5.41 Å². The zero-order chi connectivity index (χ0) is 21.6. The van der Waals surface area contributed by atoms with Crippen LogP contribution in [0.5, 0.6) is 0 Å². The highest BCUT2D eigenvalue weighted by atomic mass is 32.1. The number of hydrogen-bond acceptors (Lipinski definition) is 6. The first-order valence-electron chi connectivity index (χ1n) is 10.7. The van der Waals surface area contributed by atoms with E-state index in [0.29, 0.717) is 22.6 Å². The Bertz CT molecular complexity index is 1070. The summed E-state index contributed by atoms with van der Waals surface area (Å²) in [5.74, 6) is 0. The van der Waals surface area contributed by atoms with Gasteiger partial charge in [0.1, 0.15) is 10.4 Å². The number of nitrogens with zero attached hydrogens (tertiary/aromatic N) is 4. The molecule has 2 aliphatic carbocycles. The number of fused-ring (bicyclic) bond motifs is 1. The molecule has 2 aromatic rings. The first-order chi connectivity index (χ1) is 14.3. The van der Waals surface area contributed by atoms with Crippen LogP contribution in [0.1, 0.15) is 64.3 Å². The largest absolute Gasteiger partial charge is 0.389 e. The van der Waals surface area contributed by atoms with Crippen LogP contribution in [-0.4, -0.2) is 37.5 Å². The number of unbranched alkanes of at least 4 members (excludes halogenated alkanes) is 1. The van der Waals surface area contributed by atoms with Crippen LogP contribution in [0.25, 0.3) is 11.0 Å². The molecule has 9 nitrogen and oxygen atoms in total. The summed E-state index contributed by atoms with van der Waals surface area (Å²) in [5.41, 5.74) is 11.5. The van der Waals surface area contributed by atoms with Gasteiger partial charge in [-0.3, -0.25) is 13.9 Å². The van der Waals surface area contributed by atoms with Crippen LogP contribution in [0.15, 0.2) is 9.59 Å². The maximum atomic E-state index is 13.3. The van der Waals surface area contributed by atoms with E-state index in [1.807, 2.05) is 0 Å². The van der Waals surface area contributed by atoms with Crippen LogP contribution in [-0.2, 0) is 6.54 Å². The molecule has 2 fully saturated rings. The quantitative estimate of drug-likeness (QED) is 0.746. The van der Waals surface area contributed by atoms with E-state index in [9.17, 15) is 14.4 Å². The Kier molecular flexibility index (Phi) is 5.37. The number of rotatable bonds is 5. The van der Waals surface area contributed by atoms with E-state index in [4.69, 9.17) is 11.5 Å². The fourth-order valence-corrected chi connectivity index (χ4v) is 5.87. The SMILES string of the molecule is CCCCn1c(=O)n(C2CCC3(CC2)CC(N(C)C(N)=O)C3)c(=O)c2c(N)snc21. The number of aryl methyl sites for hydroxylation is 1. The molecule has 30 heavy (non-hydrogen) atoms. The zero-order valence-corrected chi connectivity index (χ0v) is 18.4. The number of carbonyl (C=O) groups is 1. The number of carbonyl (C=O) groups excluding carboxylic acids is 1. The molecule has 4 rings (SSSR count). The summed E-state index contributed by atoms with van der Waals surface area (Å²) in [6.45, 7) is 2.60. The molecule has 4 N–H and O–H groups in total. The Morgan fingerprint density at radius 2 is 1.97 bits per heavy atom. The van der Waals surface area contributed by atoms with Crippen LogP contribution in [0.2, 0.25) is 0 Å². The highest BCUT2D eigenvalue weighted by molar-refractivity contribution is 7.11. The summed E-state index contributed by atoms with van der Waals surface area (Å²) in [7, 11) is 1.75. The second-order valence-corrected chi connectivity index (χ2v) is 9.76. The van der Waals surface area contributed by atoms with Crippen LogP contribution < -0.4 is 22.7 Å². The average molecular weight is 435 g/mol. The second-order valence-electron chi connectivity index (χ2n) is 8.95. The highest BCUT2D eigenvalue weighted by Gasteiger charge is 2.48. The van der Waals surface area contributed by atoms with Crippen molar-refractivity contribution < 1.29 is 4.79 Å². The molecule has 0 radical (unpaired) electrons. The lowest BCUT2D eigenvalue weighted by Crippen LogP contribution is -2.54. The minimum absolute atomic E-state index is 0.125. The maximum absolute atomic E-state index is 13.3. The van der Waals surface area contributed by atoms with Crippen molar-refractivity contribution >= 4 is 33.6 Å². The minimum atomic E-state index is -0.391. The molecule has 2 amide bonds. The lowest BCUT2D eigenvalue weighted by atomic mass is 9.57. The molecule has 2 aliphatic rings. The number of urea groups is 1. The molecule has 2 heterocycles. The third kappa shape index (κ3) is 3.30. The molecule has 10 heteroatoms. The predicted octanol–water partition coefficient (Wildman–Crippen LogP) is 2.28. The second kappa shape index (κ2) is 7.72. The Morgan fingerprint density at radius 1 is 1.30 bits per heavy atom. The number of primary amides is 1. The van der Waals surface area contributed by atoms with Crippen molar-refractivity contribution in [2.75, 3.05) is 12.8 Å². The summed E-state index contributed by atoms with van der Waals surface area (Å²) in [6.07, 6.45) is 7.10. The summed E-state index contributed by atoms with van der Waals surface area (Å²) in [4.78, 5) is 39.5. The lowest BCUT2D eigenvalue weighted by Gasteiger charge is -2.53. The smallest absolute Gasteiger partial charge is 0.332 e. The standard InChI is InChI=1S/C20H30N6O3S/c1-3-4-9-25-16-14(15(21)30-23-16)17(27)26(19(25)29)12-5-7-20(8-6-12)10-13(11-20)24(2)18(22)28/h12-13H,3-11,21H2,1-2H3,(H2,22,28). The van der Waals surface area contributed by atoms with E-state index < -0.39 is 6.03 Å². The molecule has 164 valence electrons. The van der Waals surface area contributed by atoms with Gasteiger partial charge in [-0.05, 0) is 61.9 Å². The van der Waals surface area contributed by atoms with E-state index in [1.54, 1.807) is 16.5 Å². The van der Waals surface area contributed by atoms with Crippen molar-refractivity contribution in [1.82, 2.24) is 18.4 Å². The monoisotopic (exact) mass is 434 g/mol. The van der Waals surface area contributed by atoms with Crippen LogP contribution in [0.3, 0.4) is 0 Å². The third-order valence-corrected chi connectivity index (χ3v) is 7.84. The molecule has 1 spiro atoms. The van der Waals surface area contributed by atoms with Gasteiger partial charge in [-0.25, -0.2) is 9.59 Å². The van der Waals surface area contributed by atoms with E-state index in [0.717, 1.165) is 62.9 Å².